The van der Waals surface area contributed by atoms with E-state index in [1.54, 1.807) is 0 Å². The smallest absolute Gasteiger partial charge is 0.195 e. The molecule has 5 heteroatoms. The Morgan fingerprint density at radius 2 is 1.63 bits per heavy atom. The van der Waals surface area contributed by atoms with Gasteiger partial charge in [-0.25, -0.2) is 0 Å². The SMILES string of the molecule is CC/C=C\CCN=C(N)NC(N)=NCCCCCC. The van der Waals surface area contributed by atoms with Crippen molar-refractivity contribution < 1.29 is 0 Å². The molecular formula is C14H29N5. The normalized spacial score (nSPS) is 13.2. The van der Waals surface area contributed by atoms with Gasteiger partial charge in [0.15, 0.2) is 11.9 Å². The average Bonchev–Trinajstić information content (AvgIpc) is 2.38. The maximum absolute atomic E-state index is 5.71. The summed E-state index contributed by atoms with van der Waals surface area (Å²) in [6, 6.07) is 0. The summed E-state index contributed by atoms with van der Waals surface area (Å²) in [4.78, 5) is 8.37. The van der Waals surface area contributed by atoms with E-state index in [4.69, 9.17) is 11.5 Å². The van der Waals surface area contributed by atoms with Gasteiger partial charge in [-0.1, -0.05) is 45.3 Å². The van der Waals surface area contributed by atoms with Crippen molar-refractivity contribution >= 4 is 11.9 Å². The first kappa shape index (κ1) is 17.5. The van der Waals surface area contributed by atoms with Gasteiger partial charge in [-0.2, -0.15) is 0 Å². The molecule has 0 radical (unpaired) electrons. The Labute approximate surface area is 117 Å². The Morgan fingerprint density at radius 1 is 0.947 bits per heavy atom. The van der Waals surface area contributed by atoms with Gasteiger partial charge in [-0.3, -0.25) is 15.3 Å². The molecule has 0 aromatic rings. The molecule has 0 aromatic carbocycles. The standard InChI is InChI=1S/C14H29N5/c1-3-5-7-9-11-17-13(15)19-14(16)18-12-10-8-6-4-2/h5,7H,3-4,6,8-12H2,1-2H3,(H5,15,16,17,18,19)/b7-5-. The summed E-state index contributed by atoms with van der Waals surface area (Å²) in [6.45, 7) is 5.70. The highest BCUT2D eigenvalue weighted by Crippen LogP contribution is 1.98. The molecule has 0 heterocycles. The van der Waals surface area contributed by atoms with Crippen LogP contribution in [0.4, 0.5) is 0 Å². The lowest BCUT2D eigenvalue weighted by Gasteiger charge is -2.04. The molecule has 0 amide bonds. The molecule has 110 valence electrons. The molecule has 19 heavy (non-hydrogen) atoms. The fourth-order valence-corrected chi connectivity index (χ4v) is 1.49. The van der Waals surface area contributed by atoms with E-state index in [0.717, 1.165) is 25.8 Å². The number of allylic oxidation sites excluding steroid dienone is 1. The van der Waals surface area contributed by atoms with Crippen molar-refractivity contribution in [1.29, 1.82) is 0 Å². The fourth-order valence-electron chi connectivity index (χ4n) is 1.49. The molecule has 0 aliphatic heterocycles. The summed E-state index contributed by atoms with van der Waals surface area (Å²) >= 11 is 0. The van der Waals surface area contributed by atoms with Crippen LogP contribution in [0, 0.1) is 0 Å². The number of nitrogens with zero attached hydrogens (tertiary/aromatic N) is 2. The van der Waals surface area contributed by atoms with Crippen LogP contribution in [0.1, 0.15) is 52.4 Å². The van der Waals surface area contributed by atoms with E-state index in [9.17, 15) is 0 Å². The van der Waals surface area contributed by atoms with Gasteiger partial charge in [0.1, 0.15) is 0 Å². The predicted molar refractivity (Wildman–Crippen MR) is 84.3 cm³/mol. The molecule has 0 bridgehead atoms. The minimum atomic E-state index is 0.333. The number of hydrogen-bond donors (Lipinski definition) is 3. The molecule has 5 nitrogen and oxygen atoms in total. The quantitative estimate of drug-likeness (QED) is 0.259. The third-order valence-electron chi connectivity index (χ3n) is 2.53. The molecule has 0 unspecified atom stereocenters. The van der Waals surface area contributed by atoms with E-state index in [1.807, 2.05) is 0 Å². The first-order chi connectivity index (χ1) is 9.20. The van der Waals surface area contributed by atoms with Crippen molar-refractivity contribution in [2.45, 2.75) is 52.4 Å². The highest BCUT2D eigenvalue weighted by Gasteiger charge is 1.94. The number of aliphatic imine (C=N–C) groups is 2. The Balaban J connectivity index is 3.77. The second kappa shape index (κ2) is 12.9. The Morgan fingerprint density at radius 3 is 2.26 bits per heavy atom. The number of hydrogen-bond acceptors (Lipinski definition) is 2. The molecule has 0 aliphatic rings. The van der Waals surface area contributed by atoms with Crippen LogP contribution in [-0.2, 0) is 0 Å². The maximum Gasteiger partial charge on any atom is 0.195 e. The summed E-state index contributed by atoms with van der Waals surface area (Å²) in [6.07, 6.45) is 10.9. The first-order valence-electron chi connectivity index (χ1n) is 7.22. The van der Waals surface area contributed by atoms with Crippen molar-refractivity contribution in [1.82, 2.24) is 5.32 Å². The van der Waals surface area contributed by atoms with E-state index < -0.39 is 0 Å². The highest BCUT2D eigenvalue weighted by atomic mass is 15.2. The minimum absolute atomic E-state index is 0.333. The number of unbranched alkanes of at least 4 members (excludes halogenated alkanes) is 3. The van der Waals surface area contributed by atoms with Gasteiger partial charge in [0.25, 0.3) is 0 Å². The number of rotatable bonds is 9. The largest absolute Gasteiger partial charge is 0.370 e. The van der Waals surface area contributed by atoms with Gasteiger partial charge in [-0.05, 0) is 19.3 Å². The number of guanidine groups is 2. The van der Waals surface area contributed by atoms with Crippen LogP contribution >= 0.6 is 0 Å². The third-order valence-corrected chi connectivity index (χ3v) is 2.53. The van der Waals surface area contributed by atoms with Gasteiger partial charge in [0.2, 0.25) is 0 Å². The summed E-state index contributed by atoms with van der Waals surface area (Å²) in [5.74, 6) is 0.682. The van der Waals surface area contributed by atoms with Gasteiger partial charge in [-0.15, -0.1) is 0 Å². The zero-order valence-corrected chi connectivity index (χ0v) is 12.4. The lowest BCUT2D eigenvalue weighted by molar-refractivity contribution is 0.674. The van der Waals surface area contributed by atoms with Crippen molar-refractivity contribution in [3.05, 3.63) is 12.2 Å². The zero-order chi connectivity index (χ0) is 14.3. The first-order valence-corrected chi connectivity index (χ1v) is 7.22. The van der Waals surface area contributed by atoms with Crippen LogP contribution in [-0.4, -0.2) is 25.0 Å². The lowest BCUT2D eigenvalue weighted by Crippen LogP contribution is -2.41. The Bertz CT molecular complexity index is 294. The molecule has 5 N–H and O–H groups in total. The van der Waals surface area contributed by atoms with E-state index in [2.05, 4.69) is 41.3 Å². The van der Waals surface area contributed by atoms with Gasteiger partial charge < -0.3 is 11.5 Å². The molecule has 0 fully saturated rings. The topological polar surface area (TPSA) is 88.8 Å². The minimum Gasteiger partial charge on any atom is -0.370 e. The van der Waals surface area contributed by atoms with Crippen LogP contribution in [0.3, 0.4) is 0 Å². The van der Waals surface area contributed by atoms with E-state index in [0.29, 0.717) is 18.5 Å². The second-order valence-electron chi connectivity index (χ2n) is 4.39. The third kappa shape index (κ3) is 12.7. The fraction of sp³-hybridized carbons (Fsp3) is 0.714. The molecule has 0 spiro atoms. The summed E-state index contributed by atoms with van der Waals surface area (Å²) in [5, 5.41) is 2.79. The molecule has 0 saturated carbocycles. The van der Waals surface area contributed by atoms with Crippen LogP contribution < -0.4 is 16.8 Å². The van der Waals surface area contributed by atoms with Crippen LogP contribution in [0.5, 0.6) is 0 Å². The number of nitrogens with two attached hydrogens (primary N) is 2. The highest BCUT2D eigenvalue weighted by molar-refractivity contribution is 5.96. The molecule has 0 aliphatic carbocycles. The van der Waals surface area contributed by atoms with Crippen LogP contribution in [0.2, 0.25) is 0 Å². The Hall–Kier alpha value is -1.52. The number of nitrogens with one attached hydrogen (secondary N) is 1. The van der Waals surface area contributed by atoms with Gasteiger partial charge in [0, 0.05) is 13.1 Å². The zero-order valence-electron chi connectivity index (χ0n) is 12.4. The van der Waals surface area contributed by atoms with Gasteiger partial charge >= 0.3 is 0 Å². The van der Waals surface area contributed by atoms with Gasteiger partial charge in [0.05, 0.1) is 0 Å². The van der Waals surface area contributed by atoms with Crippen molar-refractivity contribution in [3.63, 3.8) is 0 Å². The second-order valence-corrected chi connectivity index (χ2v) is 4.39. The summed E-state index contributed by atoms with van der Waals surface area (Å²) in [7, 11) is 0. The van der Waals surface area contributed by atoms with Crippen LogP contribution in [0.15, 0.2) is 22.1 Å². The lowest BCUT2D eigenvalue weighted by atomic mass is 10.2. The van der Waals surface area contributed by atoms with E-state index >= 15 is 0 Å². The predicted octanol–water partition coefficient (Wildman–Crippen LogP) is 2.14. The van der Waals surface area contributed by atoms with Crippen LogP contribution in [0.25, 0.3) is 0 Å². The molecule has 0 rings (SSSR count). The van der Waals surface area contributed by atoms with Crippen molar-refractivity contribution in [3.8, 4) is 0 Å². The average molecular weight is 267 g/mol. The van der Waals surface area contributed by atoms with Crippen molar-refractivity contribution in [2.75, 3.05) is 13.1 Å². The Kier molecular flexibility index (Phi) is 11.9. The maximum atomic E-state index is 5.71. The molecule has 0 saturated heterocycles. The summed E-state index contributed by atoms with van der Waals surface area (Å²) in [5.41, 5.74) is 11.4. The van der Waals surface area contributed by atoms with E-state index in [-0.39, 0.29) is 0 Å². The van der Waals surface area contributed by atoms with E-state index in [1.165, 1.54) is 19.3 Å². The monoisotopic (exact) mass is 267 g/mol. The molecule has 0 aromatic heterocycles. The molecular weight excluding hydrogens is 238 g/mol. The van der Waals surface area contributed by atoms with Crippen molar-refractivity contribution in [2.24, 2.45) is 21.5 Å². The summed E-state index contributed by atoms with van der Waals surface area (Å²) < 4.78 is 0. The molecule has 0 atom stereocenters.